The number of nitrogens with two attached hydrogens (primary N) is 1. The highest BCUT2D eigenvalue weighted by Gasteiger charge is 2.20. The lowest BCUT2D eigenvalue weighted by Gasteiger charge is -2.17. The van der Waals surface area contributed by atoms with Gasteiger partial charge >= 0.3 is 0 Å². The predicted octanol–water partition coefficient (Wildman–Crippen LogP) is 1.54. The SMILES string of the molecule is COc1cccn2c(C(C)(C)N)ncc12. The topological polar surface area (TPSA) is 52.5 Å². The number of nitrogens with zero attached hydrogens (tertiary/aromatic N) is 2. The number of hydrogen-bond donors (Lipinski definition) is 1. The van der Waals surface area contributed by atoms with Gasteiger partial charge in [-0.05, 0) is 26.0 Å². The van der Waals surface area contributed by atoms with Crippen molar-refractivity contribution in [3.05, 3.63) is 30.4 Å². The molecule has 15 heavy (non-hydrogen) atoms. The van der Waals surface area contributed by atoms with E-state index in [0.717, 1.165) is 17.1 Å². The quantitative estimate of drug-likeness (QED) is 0.809. The number of aromatic nitrogens is 2. The average Bonchev–Trinajstić information content (AvgIpc) is 2.59. The molecule has 2 N–H and O–H groups in total. The van der Waals surface area contributed by atoms with Crippen LogP contribution in [-0.2, 0) is 5.54 Å². The van der Waals surface area contributed by atoms with Gasteiger partial charge in [0.25, 0.3) is 0 Å². The molecule has 2 aromatic rings. The van der Waals surface area contributed by atoms with E-state index in [1.54, 1.807) is 13.3 Å². The lowest BCUT2D eigenvalue weighted by molar-refractivity contribution is 0.417. The second kappa shape index (κ2) is 3.24. The molecule has 0 unspecified atom stereocenters. The van der Waals surface area contributed by atoms with Gasteiger partial charge in [0.2, 0.25) is 0 Å². The highest BCUT2D eigenvalue weighted by Crippen LogP contribution is 2.23. The van der Waals surface area contributed by atoms with Gasteiger partial charge in [0, 0.05) is 6.20 Å². The van der Waals surface area contributed by atoms with Crippen LogP contribution in [0.1, 0.15) is 19.7 Å². The minimum absolute atomic E-state index is 0.460. The van der Waals surface area contributed by atoms with E-state index in [4.69, 9.17) is 10.5 Å². The van der Waals surface area contributed by atoms with Gasteiger partial charge in [-0.15, -0.1) is 0 Å². The standard InChI is InChI=1S/C11H15N3O/c1-11(2,12)10-13-7-8-9(15-3)5-4-6-14(8)10/h4-7H,12H2,1-3H3. The Morgan fingerprint density at radius 1 is 1.47 bits per heavy atom. The van der Waals surface area contributed by atoms with E-state index < -0.39 is 5.54 Å². The molecule has 0 fully saturated rings. The van der Waals surface area contributed by atoms with Gasteiger partial charge in [-0.1, -0.05) is 0 Å². The van der Waals surface area contributed by atoms with Crippen molar-refractivity contribution < 1.29 is 4.74 Å². The van der Waals surface area contributed by atoms with Crippen LogP contribution in [-0.4, -0.2) is 16.5 Å². The lowest BCUT2D eigenvalue weighted by atomic mass is 10.1. The molecule has 0 amide bonds. The number of ether oxygens (including phenoxy) is 1. The largest absolute Gasteiger partial charge is 0.494 e. The first-order valence-corrected chi connectivity index (χ1v) is 4.83. The van der Waals surface area contributed by atoms with E-state index >= 15 is 0 Å². The van der Waals surface area contributed by atoms with Crippen LogP contribution in [0, 0.1) is 0 Å². The Morgan fingerprint density at radius 2 is 2.20 bits per heavy atom. The molecular weight excluding hydrogens is 190 g/mol. The first kappa shape index (κ1) is 9.98. The number of hydrogen-bond acceptors (Lipinski definition) is 3. The summed E-state index contributed by atoms with van der Waals surface area (Å²) in [6.45, 7) is 3.86. The summed E-state index contributed by atoms with van der Waals surface area (Å²) >= 11 is 0. The molecule has 2 heterocycles. The van der Waals surface area contributed by atoms with Crippen molar-refractivity contribution in [1.29, 1.82) is 0 Å². The minimum atomic E-state index is -0.460. The Hall–Kier alpha value is -1.55. The highest BCUT2D eigenvalue weighted by molar-refractivity contribution is 5.59. The van der Waals surface area contributed by atoms with Gasteiger partial charge in [0.05, 0.1) is 18.8 Å². The highest BCUT2D eigenvalue weighted by atomic mass is 16.5. The van der Waals surface area contributed by atoms with Crippen LogP contribution in [0.25, 0.3) is 5.52 Å². The Morgan fingerprint density at radius 3 is 2.80 bits per heavy atom. The molecule has 0 saturated carbocycles. The van der Waals surface area contributed by atoms with E-state index in [2.05, 4.69) is 4.98 Å². The molecule has 0 aromatic carbocycles. The minimum Gasteiger partial charge on any atom is -0.494 e. The molecule has 0 aliphatic heterocycles. The first-order valence-electron chi connectivity index (χ1n) is 4.83. The fourth-order valence-electron chi connectivity index (χ4n) is 1.65. The van der Waals surface area contributed by atoms with E-state index in [0.29, 0.717) is 0 Å². The Kier molecular flexibility index (Phi) is 2.16. The molecular formula is C11H15N3O. The number of fused-ring (bicyclic) bond motifs is 1. The summed E-state index contributed by atoms with van der Waals surface area (Å²) in [5.74, 6) is 1.64. The maximum Gasteiger partial charge on any atom is 0.144 e. The van der Waals surface area contributed by atoms with Crippen molar-refractivity contribution in [3.63, 3.8) is 0 Å². The Bertz CT molecular complexity index is 482. The number of pyridine rings is 1. The fraction of sp³-hybridized carbons (Fsp3) is 0.364. The average molecular weight is 205 g/mol. The second-order valence-corrected chi connectivity index (χ2v) is 4.14. The summed E-state index contributed by atoms with van der Waals surface area (Å²) in [5, 5.41) is 0. The summed E-state index contributed by atoms with van der Waals surface area (Å²) in [6.07, 6.45) is 3.72. The molecule has 2 aromatic heterocycles. The molecule has 4 nitrogen and oxygen atoms in total. The Labute approximate surface area is 88.7 Å². The van der Waals surface area contributed by atoms with Crippen molar-refractivity contribution in [2.45, 2.75) is 19.4 Å². The van der Waals surface area contributed by atoms with Crippen LogP contribution >= 0.6 is 0 Å². The van der Waals surface area contributed by atoms with E-state index in [1.807, 2.05) is 36.6 Å². The van der Waals surface area contributed by atoms with Gasteiger partial charge in [-0.25, -0.2) is 4.98 Å². The molecule has 0 aliphatic carbocycles. The Balaban J connectivity index is 2.72. The molecule has 0 radical (unpaired) electrons. The van der Waals surface area contributed by atoms with Gasteiger partial charge in [-0.3, -0.25) is 4.40 Å². The summed E-state index contributed by atoms with van der Waals surface area (Å²) < 4.78 is 7.21. The van der Waals surface area contributed by atoms with Crippen molar-refractivity contribution >= 4 is 5.52 Å². The molecule has 4 heteroatoms. The second-order valence-electron chi connectivity index (χ2n) is 4.14. The molecule has 0 aliphatic rings. The number of methoxy groups -OCH3 is 1. The molecule has 0 spiro atoms. The van der Waals surface area contributed by atoms with Crippen molar-refractivity contribution in [2.24, 2.45) is 5.73 Å². The number of imidazole rings is 1. The molecule has 0 saturated heterocycles. The smallest absolute Gasteiger partial charge is 0.144 e. The maximum atomic E-state index is 6.03. The van der Waals surface area contributed by atoms with Crippen LogP contribution in [0.3, 0.4) is 0 Å². The van der Waals surface area contributed by atoms with E-state index in [9.17, 15) is 0 Å². The molecule has 0 bridgehead atoms. The van der Waals surface area contributed by atoms with E-state index in [-0.39, 0.29) is 0 Å². The zero-order valence-electron chi connectivity index (χ0n) is 9.19. The maximum absolute atomic E-state index is 6.03. The summed E-state index contributed by atoms with van der Waals surface area (Å²) in [5.41, 5.74) is 6.51. The molecule has 80 valence electrons. The molecule has 0 atom stereocenters. The van der Waals surface area contributed by atoms with Gasteiger partial charge in [0.15, 0.2) is 0 Å². The van der Waals surface area contributed by atoms with Crippen LogP contribution in [0.5, 0.6) is 5.75 Å². The van der Waals surface area contributed by atoms with E-state index in [1.165, 1.54) is 0 Å². The predicted molar refractivity (Wildman–Crippen MR) is 59.0 cm³/mol. The van der Waals surface area contributed by atoms with Gasteiger partial charge < -0.3 is 10.5 Å². The zero-order valence-corrected chi connectivity index (χ0v) is 9.19. The van der Waals surface area contributed by atoms with Crippen LogP contribution in [0.15, 0.2) is 24.5 Å². The van der Waals surface area contributed by atoms with Crippen molar-refractivity contribution in [1.82, 2.24) is 9.38 Å². The molecule has 2 rings (SSSR count). The summed E-state index contributed by atoms with van der Waals surface area (Å²) in [6, 6.07) is 3.83. The third-order valence-corrected chi connectivity index (χ3v) is 2.33. The lowest BCUT2D eigenvalue weighted by Crippen LogP contribution is -2.31. The third kappa shape index (κ3) is 1.57. The fourth-order valence-corrected chi connectivity index (χ4v) is 1.65. The third-order valence-electron chi connectivity index (χ3n) is 2.33. The van der Waals surface area contributed by atoms with Crippen molar-refractivity contribution in [2.75, 3.05) is 7.11 Å². The van der Waals surface area contributed by atoms with Crippen molar-refractivity contribution in [3.8, 4) is 5.75 Å². The van der Waals surface area contributed by atoms with Crippen LogP contribution in [0.2, 0.25) is 0 Å². The van der Waals surface area contributed by atoms with Crippen LogP contribution < -0.4 is 10.5 Å². The first-order chi connectivity index (χ1) is 7.04. The summed E-state index contributed by atoms with van der Waals surface area (Å²) in [7, 11) is 1.65. The van der Waals surface area contributed by atoms with Crippen LogP contribution in [0.4, 0.5) is 0 Å². The zero-order chi connectivity index (χ0) is 11.1. The van der Waals surface area contributed by atoms with Gasteiger partial charge in [0.1, 0.15) is 17.1 Å². The summed E-state index contributed by atoms with van der Waals surface area (Å²) in [4.78, 5) is 4.33. The normalized spacial score (nSPS) is 12.0. The monoisotopic (exact) mass is 205 g/mol. The number of rotatable bonds is 2. The van der Waals surface area contributed by atoms with Gasteiger partial charge in [-0.2, -0.15) is 0 Å².